The molecular weight excluding hydrogens is 242 g/mol. The normalized spacial score (nSPS) is 31.7. The van der Waals surface area contributed by atoms with Gasteiger partial charge in [0, 0.05) is 29.5 Å². The van der Waals surface area contributed by atoms with Gasteiger partial charge in [-0.1, -0.05) is 20.8 Å². The fraction of sp³-hybridized carbons (Fsp3) is 0.714. The molecule has 1 aliphatic heterocycles. The molecule has 4 heteroatoms. The Hall–Kier alpha value is -0.920. The van der Waals surface area contributed by atoms with E-state index in [1.807, 2.05) is 11.6 Å². The van der Waals surface area contributed by atoms with Gasteiger partial charge in [0.25, 0.3) is 0 Å². The molecule has 98 valence electrons. The van der Waals surface area contributed by atoms with E-state index in [1.165, 1.54) is 6.42 Å². The maximum atomic E-state index is 9.08. The van der Waals surface area contributed by atoms with E-state index in [9.17, 15) is 0 Å². The van der Waals surface area contributed by atoms with Crippen LogP contribution in [-0.4, -0.2) is 11.0 Å². The number of aromatic nitrogens is 1. The van der Waals surface area contributed by atoms with E-state index in [0.717, 1.165) is 11.4 Å². The maximum Gasteiger partial charge on any atom is 0.110 e. The standard InChI is InChI=1S/C14H21N3S/c1-10(2)8-11-9-14(3,4-5-15)12(17-11)13-16-6-7-18-13/h6-7,10-12,17H,4,8-9H2,1-3H3/t11?,12?,14-/m1/s1. The molecule has 1 fully saturated rings. The highest BCUT2D eigenvalue weighted by molar-refractivity contribution is 7.09. The molecule has 1 aliphatic rings. The van der Waals surface area contributed by atoms with Gasteiger partial charge in [0.1, 0.15) is 5.01 Å². The van der Waals surface area contributed by atoms with Crippen LogP contribution >= 0.6 is 11.3 Å². The molecule has 1 saturated heterocycles. The van der Waals surface area contributed by atoms with Crippen LogP contribution < -0.4 is 5.32 Å². The molecular formula is C14H21N3S. The van der Waals surface area contributed by atoms with Crippen molar-refractivity contribution in [1.29, 1.82) is 5.26 Å². The smallest absolute Gasteiger partial charge is 0.110 e. The monoisotopic (exact) mass is 263 g/mol. The van der Waals surface area contributed by atoms with Gasteiger partial charge in [0.05, 0.1) is 12.1 Å². The predicted octanol–water partition coefficient (Wildman–Crippen LogP) is 3.51. The predicted molar refractivity (Wildman–Crippen MR) is 74.2 cm³/mol. The van der Waals surface area contributed by atoms with Gasteiger partial charge in [0.2, 0.25) is 0 Å². The summed E-state index contributed by atoms with van der Waals surface area (Å²) in [7, 11) is 0. The van der Waals surface area contributed by atoms with Crippen LogP contribution in [0.25, 0.3) is 0 Å². The fourth-order valence-electron chi connectivity index (χ4n) is 3.00. The molecule has 18 heavy (non-hydrogen) atoms. The summed E-state index contributed by atoms with van der Waals surface area (Å²) in [6, 6.07) is 3.10. The number of rotatable bonds is 4. The van der Waals surface area contributed by atoms with Crippen LogP contribution in [0.5, 0.6) is 0 Å². The van der Waals surface area contributed by atoms with E-state index in [2.05, 4.69) is 37.1 Å². The number of thiazole rings is 1. The number of nitriles is 1. The van der Waals surface area contributed by atoms with Gasteiger partial charge < -0.3 is 5.32 Å². The van der Waals surface area contributed by atoms with Gasteiger partial charge in [-0.3, -0.25) is 0 Å². The summed E-state index contributed by atoms with van der Waals surface area (Å²) in [4.78, 5) is 4.44. The molecule has 1 aromatic heterocycles. The van der Waals surface area contributed by atoms with Crippen molar-refractivity contribution in [2.24, 2.45) is 11.3 Å². The first-order valence-electron chi connectivity index (χ1n) is 6.57. The number of nitrogens with one attached hydrogen (secondary N) is 1. The Balaban J connectivity index is 2.18. The van der Waals surface area contributed by atoms with Gasteiger partial charge in [-0.05, 0) is 18.8 Å². The van der Waals surface area contributed by atoms with Crippen LogP contribution in [0.4, 0.5) is 0 Å². The van der Waals surface area contributed by atoms with Crippen molar-refractivity contribution in [1.82, 2.24) is 10.3 Å². The van der Waals surface area contributed by atoms with Crippen LogP contribution in [0.3, 0.4) is 0 Å². The van der Waals surface area contributed by atoms with E-state index in [-0.39, 0.29) is 11.5 Å². The molecule has 0 saturated carbocycles. The lowest BCUT2D eigenvalue weighted by Crippen LogP contribution is -2.28. The van der Waals surface area contributed by atoms with Gasteiger partial charge in [0.15, 0.2) is 0 Å². The first kappa shape index (κ1) is 13.5. The Kier molecular flexibility index (Phi) is 4.04. The minimum Gasteiger partial charge on any atom is -0.305 e. The van der Waals surface area contributed by atoms with E-state index < -0.39 is 0 Å². The van der Waals surface area contributed by atoms with Crippen molar-refractivity contribution in [2.45, 2.75) is 52.1 Å². The van der Waals surface area contributed by atoms with Crippen molar-refractivity contribution >= 4 is 11.3 Å². The summed E-state index contributed by atoms with van der Waals surface area (Å²) in [5.41, 5.74) is 0.0200. The molecule has 3 atom stereocenters. The average Bonchev–Trinajstić information content (AvgIpc) is 2.85. The van der Waals surface area contributed by atoms with Gasteiger partial charge in [-0.2, -0.15) is 5.26 Å². The highest BCUT2D eigenvalue weighted by Gasteiger charge is 2.45. The van der Waals surface area contributed by atoms with Crippen molar-refractivity contribution < 1.29 is 0 Å². The third kappa shape index (κ3) is 2.73. The van der Waals surface area contributed by atoms with Crippen LogP contribution in [0.2, 0.25) is 0 Å². The SMILES string of the molecule is CC(C)CC1C[C@@](C)(CC#N)C(c2nccs2)N1. The molecule has 0 spiro atoms. The zero-order valence-corrected chi connectivity index (χ0v) is 12.1. The lowest BCUT2D eigenvalue weighted by atomic mass is 9.78. The summed E-state index contributed by atoms with van der Waals surface area (Å²) in [5, 5.41) is 15.9. The number of hydrogen-bond donors (Lipinski definition) is 1. The second-order valence-electron chi connectivity index (χ2n) is 5.99. The third-order valence-electron chi connectivity index (χ3n) is 3.75. The Morgan fingerprint density at radius 2 is 2.44 bits per heavy atom. The van der Waals surface area contributed by atoms with Crippen molar-refractivity contribution in [3.8, 4) is 6.07 Å². The molecule has 0 bridgehead atoms. The van der Waals surface area contributed by atoms with Crippen LogP contribution in [-0.2, 0) is 0 Å². The summed E-state index contributed by atoms with van der Waals surface area (Å²) >= 11 is 1.69. The molecule has 2 heterocycles. The van der Waals surface area contributed by atoms with Gasteiger partial charge in [-0.25, -0.2) is 4.98 Å². The zero-order chi connectivity index (χ0) is 13.2. The van der Waals surface area contributed by atoms with Crippen molar-refractivity contribution in [3.05, 3.63) is 16.6 Å². The third-order valence-corrected chi connectivity index (χ3v) is 4.59. The maximum absolute atomic E-state index is 9.08. The lowest BCUT2D eigenvalue weighted by molar-refractivity contribution is 0.287. The van der Waals surface area contributed by atoms with E-state index >= 15 is 0 Å². The molecule has 1 aromatic rings. The Labute approximate surface area is 113 Å². The Bertz CT molecular complexity index is 421. The van der Waals surface area contributed by atoms with Gasteiger partial charge in [-0.15, -0.1) is 11.3 Å². The van der Waals surface area contributed by atoms with E-state index in [1.54, 1.807) is 11.3 Å². The molecule has 1 N–H and O–H groups in total. The summed E-state index contributed by atoms with van der Waals surface area (Å²) < 4.78 is 0. The molecule has 2 unspecified atom stereocenters. The number of hydrogen-bond acceptors (Lipinski definition) is 4. The van der Waals surface area contributed by atoms with Crippen LogP contribution in [0.15, 0.2) is 11.6 Å². The summed E-state index contributed by atoms with van der Waals surface area (Å²) in [6.07, 6.45) is 4.69. The second kappa shape index (κ2) is 5.38. The van der Waals surface area contributed by atoms with E-state index in [0.29, 0.717) is 18.4 Å². The summed E-state index contributed by atoms with van der Waals surface area (Å²) in [5.74, 6) is 0.684. The first-order chi connectivity index (χ1) is 8.55. The highest BCUT2D eigenvalue weighted by Crippen LogP contribution is 2.47. The Morgan fingerprint density at radius 3 is 3.00 bits per heavy atom. The average molecular weight is 263 g/mol. The largest absolute Gasteiger partial charge is 0.305 e. The highest BCUT2D eigenvalue weighted by atomic mass is 32.1. The number of nitrogens with zero attached hydrogens (tertiary/aromatic N) is 2. The summed E-state index contributed by atoms with van der Waals surface area (Å²) in [6.45, 7) is 6.72. The minimum atomic E-state index is 0.0200. The first-order valence-corrected chi connectivity index (χ1v) is 7.45. The molecule has 3 nitrogen and oxygen atoms in total. The van der Waals surface area contributed by atoms with Crippen molar-refractivity contribution in [2.75, 3.05) is 0 Å². The molecule has 0 aromatic carbocycles. The van der Waals surface area contributed by atoms with Gasteiger partial charge >= 0.3 is 0 Å². The topological polar surface area (TPSA) is 48.7 Å². The van der Waals surface area contributed by atoms with Crippen LogP contribution in [0, 0.1) is 22.7 Å². The molecule has 0 aliphatic carbocycles. The Morgan fingerprint density at radius 1 is 1.67 bits per heavy atom. The lowest BCUT2D eigenvalue weighted by Gasteiger charge is -2.26. The molecule has 2 rings (SSSR count). The van der Waals surface area contributed by atoms with Crippen LogP contribution in [0.1, 0.15) is 51.1 Å². The zero-order valence-electron chi connectivity index (χ0n) is 11.3. The van der Waals surface area contributed by atoms with Crippen molar-refractivity contribution in [3.63, 3.8) is 0 Å². The van der Waals surface area contributed by atoms with E-state index in [4.69, 9.17) is 5.26 Å². The quantitative estimate of drug-likeness (QED) is 0.904. The molecule has 0 amide bonds. The fourth-order valence-corrected chi connectivity index (χ4v) is 3.87. The minimum absolute atomic E-state index is 0.0200. The molecule has 0 radical (unpaired) electrons. The second-order valence-corrected chi connectivity index (χ2v) is 6.92.